The predicted molar refractivity (Wildman–Crippen MR) is 81.4 cm³/mol. The zero-order valence-electron chi connectivity index (χ0n) is 11.7. The lowest BCUT2D eigenvalue weighted by molar-refractivity contribution is -0.115. The van der Waals surface area contributed by atoms with Crippen molar-refractivity contribution in [2.75, 3.05) is 0 Å². The average molecular weight is 288 g/mol. The molecule has 1 saturated heterocycles. The third kappa shape index (κ3) is 2.83. The molecular formula is C16H20N2OS. The van der Waals surface area contributed by atoms with Gasteiger partial charge in [-0.3, -0.25) is 4.79 Å². The highest BCUT2D eigenvalue weighted by Gasteiger charge is 2.42. The number of fused-ring (bicyclic) bond motifs is 1. The molecule has 106 valence electrons. The number of thioether (sulfide) groups is 1. The molecule has 1 aliphatic heterocycles. The van der Waals surface area contributed by atoms with Crippen molar-refractivity contribution in [1.82, 2.24) is 0 Å². The van der Waals surface area contributed by atoms with E-state index in [0.717, 1.165) is 30.0 Å². The summed E-state index contributed by atoms with van der Waals surface area (Å²) in [4.78, 5) is 16.2. The van der Waals surface area contributed by atoms with Crippen molar-refractivity contribution in [3.05, 3.63) is 11.8 Å². The second-order valence-corrected chi connectivity index (χ2v) is 7.23. The Kier molecular flexibility index (Phi) is 4.26. The van der Waals surface area contributed by atoms with E-state index < -0.39 is 0 Å². The maximum atomic E-state index is 11.5. The van der Waals surface area contributed by atoms with Crippen molar-refractivity contribution in [2.24, 2.45) is 16.8 Å². The molecule has 3 rings (SSSR count). The van der Waals surface area contributed by atoms with Crippen molar-refractivity contribution in [3.63, 3.8) is 0 Å². The molecule has 0 N–H and O–H groups in total. The first-order valence-corrected chi connectivity index (χ1v) is 8.54. The van der Waals surface area contributed by atoms with Crippen LogP contribution < -0.4 is 0 Å². The Bertz CT molecular complexity index is 503. The fraction of sp³-hybridized carbons (Fsp3) is 0.688. The van der Waals surface area contributed by atoms with E-state index in [1.807, 2.05) is 11.8 Å². The molecule has 0 aromatic heterocycles. The van der Waals surface area contributed by atoms with Crippen molar-refractivity contribution in [3.8, 4) is 6.07 Å². The predicted octanol–water partition coefficient (Wildman–Crippen LogP) is 3.86. The topological polar surface area (TPSA) is 53.2 Å². The molecule has 0 aromatic carbocycles. The molecule has 2 fully saturated rings. The van der Waals surface area contributed by atoms with E-state index in [1.54, 1.807) is 6.08 Å². The van der Waals surface area contributed by atoms with Crippen LogP contribution in [0.15, 0.2) is 16.8 Å². The Hall–Kier alpha value is -1.08. The standard InChI is InChI=1S/C16H20N2OS/c17-10-14-13-7-2-1-3-8-15(13)20-16(14)18-11-5-4-6-12(19)9-11/h9,13-15H,1-8H2/t13-,14?,15+/m0/s1. The van der Waals surface area contributed by atoms with Crippen LogP contribution in [-0.4, -0.2) is 16.1 Å². The van der Waals surface area contributed by atoms with Crippen LogP contribution in [-0.2, 0) is 4.79 Å². The van der Waals surface area contributed by atoms with Crippen LogP contribution in [0.5, 0.6) is 0 Å². The lowest BCUT2D eigenvalue weighted by Gasteiger charge is -2.15. The summed E-state index contributed by atoms with van der Waals surface area (Å²) < 4.78 is 0. The zero-order chi connectivity index (χ0) is 13.9. The van der Waals surface area contributed by atoms with Gasteiger partial charge in [-0.1, -0.05) is 19.3 Å². The van der Waals surface area contributed by atoms with Crippen molar-refractivity contribution in [1.29, 1.82) is 5.26 Å². The molecule has 2 aliphatic carbocycles. The quantitative estimate of drug-likeness (QED) is 0.736. The van der Waals surface area contributed by atoms with Gasteiger partial charge in [0.25, 0.3) is 0 Å². The number of rotatable bonds is 1. The van der Waals surface area contributed by atoms with E-state index in [1.165, 1.54) is 25.7 Å². The summed E-state index contributed by atoms with van der Waals surface area (Å²) in [6, 6.07) is 2.48. The molecule has 1 saturated carbocycles. The molecule has 1 unspecified atom stereocenters. The summed E-state index contributed by atoms with van der Waals surface area (Å²) in [7, 11) is 0. The van der Waals surface area contributed by atoms with Gasteiger partial charge in [-0.15, -0.1) is 11.8 Å². The summed E-state index contributed by atoms with van der Waals surface area (Å²) in [5.74, 6) is 0.619. The fourth-order valence-electron chi connectivity index (χ4n) is 3.49. The van der Waals surface area contributed by atoms with Gasteiger partial charge in [-0.2, -0.15) is 5.26 Å². The van der Waals surface area contributed by atoms with Crippen molar-refractivity contribution >= 4 is 22.6 Å². The molecule has 1 heterocycles. The Labute approximate surface area is 124 Å². The van der Waals surface area contributed by atoms with E-state index in [4.69, 9.17) is 0 Å². The van der Waals surface area contributed by atoms with Crippen LogP contribution in [0.25, 0.3) is 0 Å². The second-order valence-electron chi connectivity index (χ2n) is 5.97. The normalized spacial score (nSPS) is 36.1. The largest absolute Gasteiger partial charge is 0.295 e. The van der Waals surface area contributed by atoms with Crippen LogP contribution >= 0.6 is 11.8 Å². The number of ketones is 1. The lowest BCUT2D eigenvalue weighted by atomic mass is 9.88. The number of carbonyl (C=O) groups excluding carboxylic acids is 1. The molecule has 3 atom stereocenters. The summed E-state index contributed by atoms with van der Waals surface area (Å²) >= 11 is 1.81. The zero-order valence-corrected chi connectivity index (χ0v) is 12.5. The SMILES string of the molecule is N#CC1C(=NC2=CC(=O)CCC2)S[C@@H]2CCCCC[C@@H]12. The Morgan fingerprint density at radius 3 is 2.85 bits per heavy atom. The third-order valence-corrected chi connectivity index (χ3v) is 6.02. The van der Waals surface area contributed by atoms with Crippen LogP contribution in [0.1, 0.15) is 51.4 Å². The Morgan fingerprint density at radius 2 is 2.05 bits per heavy atom. The molecule has 0 amide bonds. The number of nitriles is 1. The number of aliphatic imine (C=N–C) groups is 1. The van der Waals surface area contributed by atoms with E-state index in [2.05, 4.69) is 11.1 Å². The molecular weight excluding hydrogens is 268 g/mol. The van der Waals surface area contributed by atoms with Gasteiger partial charge < -0.3 is 0 Å². The van der Waals surface area contributed by atoms with Crippen LogP contribution in [0, 0.1) is 23.2 Å². The number of hydrogen-bond acceptors (Lipinski definition) is 4. The molecule has 4 heteroatoms. The first-order chi connectivity index (χ1) is 9.78. The third-order valence-electron chi connectivity index (χ3n) is 4.55. The van der Waals surface area contributed by atoms with Gasteiger partial charge in [0.05, 0.1) is 17.0 Å². The van der Waals surface area contributed by atoms with E-state index in [-0.39, 0.29) is 11.7 Å². The summed E-state index contributed by atoms with van der Waals surface area (Å²) in [6.45, 7) is 0. The number of nitrogens with zero attached hydrogens (tertiary/aromatic N) is 2. The minimum Gasteiger partial charge on any atom is -0.295 e. The minimum atomic E-state index is -0.0407. The van der Waals surface area contributed by atoms with Crippen LogP contribution in [0.3, 0.4) is 0 Å². The Balaban J connectivity index is 1.83. The lowest BCUT2D eigenvalue weighted by Crippen LogP contribution is -2.18. The highest BCUT2D eigenvalue weighted by Crippen LogP contribution is 2.46. The minimum absolute atomic E-state index is 0.0407. The van der Waals surface area contributed by atoms with Gasteiger partial charge in [0, 0.05) is 23.4 Å². The summed E-state index contributed by atoms with van der Waals surface area (Å²) in [6.07, 6.45) is 10.3. The molecule has 0 bridgehead atoms. The van der Waals surface area contributed by atoms with Crippen LogP contribution in [0.2, 0.25) is 0 Å². The summed E-state index contributed by atoms with van der Waals surface area (Å²) in [5.41, 5.74) is 0.889. The smallest absolute Gasteiger partial charge is 0.157 e. The number of allylic oxidation sites excluding steroid dienone is 2. The monoisotopic (exact) mass is 288 g/mol. The Morgan fingerprint density at radius 1 is 1.20 bits per heavy atom. The molecule has 0 radical (unpaired) electrons. The average Bonchev–Trinajstić information content (AvgIpc) is 2.60. The van der Waals surface area contributed by atoms with Gasteiger partial charge in [0.2, 0.25) is 0 Å². The van der Waals surface area contributed by atoms with E-state index in [0.29, 0.717) is 17.6 Å². The maximum Gasteiger partial charge on any atom is 0.157 e. The van der Waals surface area contributed by atoms with Crippen LogP contribution in [0.4, 0.5) is 0 Å². The van der Waals surface area contributed by atoms with Crippen molar-refractivity contribution < 1.29 is 4.79 Å². The molecule has 3 nitrogen and oxygen atoms in total. The second kappa shape index (κ2) is 6.13. The van der Waals surface area contributed by atoms with Gasteiger partial charge in [0.15, 0.2) is 5.78 Å². The molecule has 3 aliphatic rings. The van der Waals surface area contributed by atoms with Crippen molar-refractivity contribution in [2.45, 2.75) is 56.6 Å². The first-order valence-electron chi connectivity index (χ1n) is 7.66. The molecule has 0 spiro atoms. The molecule has 0 aromatic rings. The van der Waals surface area contributed by atoms with Gasteiger partial charge in [-0.25, -0.2) is 4.99 Å². The molecule has 20 heavy (non-hydrogen) atoms. The van der Waals surface area contributed by atoms with Gasteiger partial charge in [-0.05, 0) is 31.6 Å². The fourth-order valence-corrected chi connectivity index (χ4v) is 5.10. The van der Waals surface area contributed by atoms with E-state index >= 15 is 0 Å². The highest BCUT2D eigenvalue weighted by atomic mass is 32.2. The first kappa shape index (κ1) is 13.9. The highest BCUT2D eigenvalue weighted by molar-refractivity contribution is 8.14. The number of hydrogen-bond donors (Lipinski definition) is 0. The van der Waals surface area contributed by atoms with Gasteiger partial charge in [0.1, 0.15) is 0 Å². The maximum absolute atomic E-state index is 11.5. The summed E-state index contributed by atoms with van der Waals surface area (Å²) in [5, 5.41) is 11.1. The van der Waals surface area contributed by atoms with Gasteiger partial charge >= 0.3 is 0 Å². The number of carbonyl (C=O) groups is 1. The van der Waals surface area contributed by atoms with E-state index in [9.17, 15) is 10.1 Å².